The van der Waals surface area contributed by atoms with Crippen LogP contribution < -0.4 is 15.1 Å². The molecule has 0 atom stereocenters. The standard InChI is InChI=1S/C61H69N3OSi2/c1-38(2)66(39(3)4,40(5)6)48-28-32-60-54(36-48)50-18-14-16-20-56(50)63(60)45-24-30-58-52(34-45)53-35-46(25-31-59(53)62(58)44-22-26-47(65-13)27-23-44)64-57-21-17-15-19-51(57)55-37-49(29-33-61(55)64)67(41(7)8,42(9)10)43(11)12/h14-43H,1-13H3. The van der Waals surface area contributed by atoms with Gasteiger partial charge in [-0.25, -0.2) is 0 Å². The summed E-state index contributed by atoms with van der Waals surface area (Å²) in [5.41, 5.74) is 14.6. The van der Waals surface area contributed by atoms with Gasteiger partial charge in [0, 0.05) is 49.4 Å². The highest BCUT2D eigenvalue weighted by molar-refractivity contribution is 6.95. The topological polar surface area (TPSA) is 24.0 Å². The molecule has 0 fully saturated rings. The molecule has 7 aromatic carbocycles. The van der Waals surface area contributed by atoms with Crippen molar-refractivity contribution >= 4 is 91.9 Å². The molecule has 0 N–H and O–H groups in total. The Morgan fingerprint density at radius 1 is 0.313 bits per heavy atom. The van der Waals surface area contributed by atoms with Crippen molar-refractivity contribution in [3.05, 3.63) is 146 Å². The Balaban J connectivity index is 1.23. The Hall–Kier alpha value is -5.83. The maximum absolute atomic E-state index is 5.63. The Kier molecular flexibility index (Phi) is 11.2. The summed E-state index contributed by atoms with van der Waals surface area (Å²) in [6.45, 7) is 29.7. The zero-order valence-corrected chi connectivity index (χ0v) is 44.1. The molecule has 0 unspecified atom stereocenters. The van der Waals surface area contributed by atoms with E-state index in [1.165, 1.54) is 76.8 Å². The fraction of sp³-hybridized carbons (Fsp3) is 0.311. The van der Waals surface area contributed by atoms with E-state index in [0.717, 1.165) is 11.4 Å². The molecule has 0 bridgehead atoms. The summed E-state index contributed by atoms with van der Waals surface area (Å²) in [7, 11) is -2.04. The van der Waals surface area contributed by atoms with Gasteiger partial charge in [0.2, 0.25) is 0 Å². The van der Waals surface area contributed by atoms with Crippen LogP contribution in [0.5, 0.6) is 5.75 Å². The molecule has 0 aliphatic carbocycles. The third-order valence-corrected chi connectivity index (χ3v) is 30.7. The number of hydrogen-bond donors (Lipinski definition) is 0. The highest BCUT2D eigenvalue weighted by Crippen LogP contribution is 2.45. The second-order valence-corrected chi connectivity index (χ2v) is 33.2. The predicted molar refractivity (Wildman–Crippen MR) is 297 cm³/mol. The molecule has 342 valence electrons. The molecule has 10 rings (SSSR count). The molecule has 0 aliphatic rings. The summed E-state index contributed by atoms with van der Waals surface area (Å²) >= 11 is 0. The van der Waals surface area contributed by atoms with Crippen molar-refractivity contribution in [1.29, 1.82) is 0 Å². The molecule has 3 heterocycles. The number of fused-ring (bicyclic) bond motifs is 9. The Morgan fingerprint density at radius 2 is 0.612 bits per heavy atom. The molecule has 6 heteroatoms. The quantitative estimate of drug-likeness (QED) is 0.112. The molecule has 67 heavy (non-hydrogen) atoms. The third-order valence-electron chi connectivity index (χ3n) is 16.7. The van der Waals surface area contributed by atoms with Crippen molar-refractivity contribution in [3.63, 3.8) is 0 Å². The van der Waals surface area contributed by atoms with Crippen LogP contribution in [0.15, 0.2) is 146 Å². The fourth-order valence-corrected chi connectivity index (χ4v) is 27.9. The van der Waals surface area contributed by atoms with Crippen LogP contribution in [0.25, 0.3) is 82.5 Å². The van der Waals surface area contributed by atoms with E-state index in [1.807, 2.05) is 0 Å². The summed E-state index contributed by atoms with van der Waals surface area (Å²) < 4.78 is 13.1. The summed E-state index contributed by atoms with van der Waals surface area (Å²) in [5, 5.41) is 10.9. The van der Waals surface area contributed by atoms with Gasteiger partial charge in [0.05, 0.1) is 56.4 Å². The highest BCUT2D eigenvalue weighted by atomic mass is 28.3. The van der Waals surface area contributed by atoms with Gasteiger partial charge in [0.15, 0.2) is 0 Å². The predicted octanol–water partition coefficient (Wildman–Crippen LogP) is 16.8. The van der Waals surface area contributed by atoms with Crippen molar-refractivity contribution in [3.8, 4) is 22.8 Å². The second-order valence-electron chi connectivity index (χ2n) is 21.4. The van der Waals surface area contributed by atoms with Crippen LogP contribution in [0, 0.1) is 0 Å². The molecule has 0 amide bonds. The first kappa shape index (κ1) is 45.0. The SMILES string of the molecule is COc1ccc(-n2c3ccc(-n4c5ccccc5c5cc([Si](C(C)C)(C(C)C)C(C)C)ccc54)cc3c3cc(-n4c5ccccc5c5cc([Si](C(C)C)(C(C)C)C(C)C)ccc54)ccc32)cc1. The second kappa shape index (κ2) is 16.7. The lowest BCUT2D eigenvalue weighted by Gasteiger charge is -2.43. The number of rotatable bonds is 12. The molecule has 3 aromatic heterocycles. The molecular formula is C61H69N3OSi2. The van der Waals surface area contributed by atoms with E-state index in [1.54, 1.807) is 17.5 Å². The molecule has 4 nitrogen and oxygen atoms in total. The van der Waals surface area contributed by atoms with Crippen LogP contribution >= 0.6 is 0 Å². The molecular weight excluding hydrogens is 847 g/mol. The lowest BCUT2D eigenvalue weighted by Crippen LogP contribution is -2.55. The van der Waals surface area contributed by atoms with Crippen LogP contribution in [0.1, 0.15) is 83.1 Å². The molecule has 0 aliphatic heterocycles. The maximum Gasteiger partial charge on any atom is 0.119 e. The number of ether oxygens (including phenoxy) is 1. The van der Waals surface area contributed by atoms with Crippen LogP contribution in [-0.4, -0.2) is 37.0 Å². The minimum absolute atomic E-state index is 0.634. The number of aromatic nitrogens is 3. The largest absolute Gasteiger partial charge is 0.497 e. The average molecular weight is 916 g/mol. The number of hydrogen-bond acceptors (Lipinski definition) is 1. The molecule has 0 saturated heterocycles. The van der Waals surface area contributed by atoms with Crippen LogP contribution in [0.4, 0.5) is 0 Å². The van der Waals surface area contributed by atoms with E-state index in [9.17, 15) is 0 Å². The van der Waals surface area contributed by atoms with E-state index in [0.29, 0.717) is 33.2 Å². The first-order valence-electron chi connectivity index (χ1n) is 25.0. The highest BCUT2D eigenvalue weighted by Gasteiger charge is 2.45. The fourth-order valence-electron chi connectivity index (χ4n) is 14.3. The summed E-state index contributed by atoms with van der Waals surface area (Å²) in [4.78, 5) is 0. The first-order valence-corrected chi connectivity index (χ1v) is 29.4. The monoisotopic (exact) mass is 915 g/mol. The Labute approximate surface area is 400 Å². The Bertz CT molecular complexity index is 3240. The zero-order valence-electron chi connectivity index (χ0n) is 42.1. The van der Waals surface area contributed by atoms with Gasteiger partial charge in [-0.05, 0) is 118 Å². The van der Waals surface area contributed by atoms with Crippen LogP contribution in [0.2, 0.25) is 33.2 Å². The van der Waals surface area contributed by atoms with E-state index in [2.05, 4.69) is 242 Å². The van der Waals surface area contributed by atoms with Gasteiger partial charge >= 0.3 is 0 Å². The maximum atomic E-state index is 5.63. The average Bonchev–Trinajstić information content (AvgIpc) is 3.93. The van der Waals surface area contributed by atoms with Crippen LogP contribution in [-0.2, 0) is 0 Å². The minimum atomic E-state index is -1.89. The van der Waals surface area contributed by atoms with Crippen molar-refractivity contribution in [1.82, 2.24) is 13.7 Å². The molecule has 0 spiro atoms. The zero-order chi connectivity index (χ0) is 47.3. The van der Waals surface area contributed by atoms with Gasteiger partial charge in [-0.2, -0.15) is 0 Å². The number of methoxy groups -OCH3 is 1. The number of nitrogens with zero attached hydrogens (tertiary/aromatic N) is 3. The van der Waals surface area contributed by atoms with Crippen molar-refractivity contribution < 1.29 is 4.74 Å². The van der Waals surface area contributed by atoms with Gasteiger partial charge in [0.25, 0.3) is 0 Å². The summed E-state index contributed by atoms with van der Waals surface area (Å²) in [6.07, 6.45) is 0. The van der Waals surface area contributed by atoms with E-state index in [4.69, 9.17) is 4.74 Å². The van der Waals surface area contributed by atoms with Crippen LogP contribution in [0.3, 0.4) is 0 Å². The lowest BCUT2D eigenvalue weighted by atomic mass is 10.1. The molecule has 0 radical (unpaired) electrons. The van der Waals surface area contributed by atoms with Gasteiger partial charge in [-0.1, -0.05) is 154 Å². The van der Waals surface area contributed by atoms with Gasteiger partial charge < -0.3 is 18.4 Å². The molecule has 10 aromatic rings. The molecule has 0 saturated carbocycles. The summed E-state index contributed by atoms with van der Waals surface area (Å²) in [5.74, 6) is 0.850. The van der Waals surface area contributed by atoms with E-state index in [-0.39, 0.29) is 0 Å². The minimum Gasteiger partial charge on any atom is -0.497 e. The van der Waals surface area contributed by atoms with Gasteiger partial charge in [0.1, 0.15) is 5.75 Å². The first-order chi connectivity index (χ1) is 32.2. The third kappa shape index (κ3) is 6.56. The number of benzene rings is 7. The number of para-hydroxylation sites is 2. The van der Waals surface area contributed by atoms with E-state index >= 15 is 0 Å². The van der Waals surface area contributed by atoms with Gasteiger partial charge in [-0.3, -0.25) is 0 Å². The van der Waals surface area contributed by atoms with Crippen molar-refractivity contribution in [2.75, 3.05) is 7.11 Å². The smallest absolute Gasteiger partial charge is 0.119 e. The van der Waals surface area contributed by atoms with Crippen molar-refractivity contribution in [2.24, 2.45) is 0 Å². The summed E-state index contributed by atoms with van der Waals surface area (Å²) in [6, 6.07) is 55.8. The lowest BCUT2D eigenvalue weighted by molar-refractivity contribution is 0.415. The van der Waals surface area contributed by atoms with Crippen molar-refractivity contribution in [2.45, 2.75) is 116 Å². The van der Waals surface area contributed by atoms with Gasteiger partial charge in [-0.15, -0.1) is 0 Å². The normalized spacial score (nSPS) is 13.1. The Morgan fingerprint density at radius 3 is 0.970 bits per heavy atom. The van der Waals surface area contributed by atoms with E-state index < -0.39 is 16.1 Å².